The average Bonchev–Trinajstić information content (AvgIpc) is 3.32. The smallest absolute Gasteiger partial charge is 0.306 e. The topological polar surface area (TPSA) is 72.8 Å². The van der Waals surface area contributed by atoms with Crippen molar-refractivity contribution in [3.63, 3.8) is 0 Å². The molecule has 368 valence electrons. The molecule has 1 atom stereocenters. The van der Waals surface area contributed by atoms with E-state index in [-0.39, 0.29) is 25.2 Å². The molecule has 0 bridgehead atoms. The number of rotatable bonds is 45. The third-order valence-corrected chi connectivity index (χ3v) is 10.3. The summed E-state index contributed by atoms with van der Waals surface area (Å²) in [5, 5.41) is 9.63. The van der Waals surface area contributed by atoms with E-state index < -0.39 is 6.10 Å². The number of hydrogen-bond donors (Lipinski definition) is 1. The Hall–Kier alpha value is -4.48. The summed E-state index contributed by atoms with van der Waals surface area (Å²) in [4.78, 5) is 24.5. The van der Waals surface area contributed by atoms with Crippen LogP contribution >= 0.6 is 0 Å². The normalized spacial score (nSPS) is 13.6. The summed E-state index contributed by atoms with van der Waals surface area (Å²) in [6, 6.07) is 0. The second-order valence-electron chi connectivity index (χ2n) is 16.5. The standard InChI is InChI=1S/C61H94O5/c1-3-5-7-9-11-13-15-17-19-21-23-25-26-27-28-29-30-31-32-33-34-36-38-40-42-44-46-48-50-52-54-56-61(64)66-59(57-62)58-65-60(63)55-53-51-49-47-45-43-41-39-37-35-24-22-20-18-16-14-12-10-8-6-4-2/h5-8,11-14,17-20,23-25,27-28,30-31,33-35,39,41,45,47,59,62H,3-4,9-10,15-16,21-22,26,29,32,36-38,40,42-44,46,48-58H2,1-2H3/b7-5-,8-6-,13-11-,14-12-,19-17-,20-18-,25-23-,28-27-,31-30-,34-33-,35-24-,41-39-,47-45-. The molecule has 1 N–H and O–H groups in total. The molecule has 0 saturated heterocycles. The summed E-state index contributed by atoms with van der Waals surface area (Å²) < 4.78 is 10.6. The Bertz CT molecular complexity index is 1490. The lowest BCUT2D eigenvalue weighted by atomic mass is 10.1. The van der Waals surface area contributed by atoms with Gasteiger partial charge in [0.25, 0.3) is 0 Å². The van der Waals surface area contributed by atoms with Gasteiger partial charge in [-0.05, 0) is 122 Å². The number of esters is 2. The van der Waals surface area contributed by atoms with Gasteiger partial charge in [0.05, 0.1) is 6.61 Å². The van der Waals surface area contributed by atoms with E-state index in [1.165, 1.54) is 38.5 Å². The maximum absolute atomic E-state index is 12.3. The Morgan fingerprint density at radius 1 is 0.348 bits per heavy atom. The molecule has 0 spiro atoms. The van der Waals surface area contributed by atoms with E-state index in [2.05, 4.69) is 172 Å². The highest BCUT2D eigenvalue weighted by Gasteiger charge is 2.16. The van der Waals surface area contributed by atoms with Crippen molar-refractivity contribution in [3.05, 3.63) is 158 Å². The van der Waals surface area contributed by atoms with Gasteiger partial charge in [-0.15, -0.1) is 0 Å². The lowest BCUT2D eigenvalue weighted by Gasteiger charge is -2.15. The molecule has 0 aliphatic carbocycles. The minimum Gasteiger partial charge on any atom is -0.462 e. The van der Waals surface area contributed by atoms with Crippen molar-refractivity contribution in [2.24, 2.45) is 0 Å². The van der Waals surface area contributed by atoms with E-state index in [0.717, 1.165) is 128 Å². The molecule has 5 nitrogen and oxygen atoms in total. The molecule has 0 saturated carbocycles. The van der Waals surface area contributed by atoms with Crippen molar-refractivity contribution < 1.29 is 24.2 Å². The zero-order chi connectivity index (χ0) is 47.7. The first kappa shape index (κ1) is 61.5. The summed E-state index contributed by atoms with van der Waals surface area (Å²) in [5.74, 6) is -0.662. The molecule has 1 unspecified atom stereocenters. The number of allylic oxidation sites excluding steroid dienone is 26. The number of unbranched alkanes of at least 4 members (excludes halogenated alkanes) is 11. The van der Waals surface area contributed by atoms with E-state index in [1.807, 2.05) is 0 Å². The first-order valence-electron chi connectivity index (χ1n) is 26.0. The molecule has 0 aromatic carbocycles. The predicted octanol–water partition coefficient (Wildman–Crippen LogP) is 17.6. The summed E-state index contributed by atoms with van der Waals surface area (Å²) >= 11 is 0. The zero-order valence-corrected chi connectivity index (χ0v) is 41.9. The summed E-state index contributed by atoms with van der Waals surface area (Å²) in [6.45, 7) is 3.85. The highest BCUT2D eigenvalue weighted by Crippen LogP contribution is 2.13. The highest BCUT2D eigenvalue weighted by atomic mass is 16.6. The predicted molar refractivity (Wildman–Crippen MR) is 287 cm³/mol. The van der Waals surface area contributed by atoms with Crippen LogP contribution in [0.4, 0.5) is 0 Å². The Kier molecular flexibility index (Phi) is 51.1. The number of aliphatic hydroxyl groups excluding tert-OH is 1. The summed E-state index contributed by atoms with van der Waals surface area (Å²) in [5.41, 5.74) is 0. The van der Waals surface area contributed by atoms with Gasteiger partial charge in [-0.3, -0.25) is 9.59 Å². The van der Waals surface area contributed by atoms with Crippen LogP contribution < -0.4 is 0 Å². The first-order chi connectivity index (χ1) is 32.6. The van der Waals surface area contributed by atoms with Crippen molar-refractivity contribution in [3.8, 4) is 0 Å². The van der Waals surface area contributed by atoms with Crippen molar-refractivity contribution >= 4 is 11.9 Å². The first-order valence-corrected chi connectivity index (χ1v) is 26.0. The van der Waals surface area contributed by atoms with Crippen LogP contribution in [0.3, 0.4) is 0 Å². The SMILES string of the molecule is CC/C=C\C/C=C\C/C=C\C/C=C\C/C=C\C/C=C\C/C=C\CCCCCCCCCCCC(=O)OC(CO)COC(=O)CCCC/C=C\C/C=C\C/C=C\C/C=C\C/C=C\C/C=C\CC. The largest absolute Gasteiger partial charge is 0.462 e. The minimum absolute atomic E-state index is 0.102. The number of aliphatic hydroxyl groups is 1. The Labute approximate surface area is 405 Å². The molecule has 5 heteroatoms. The molecule has 0 fully saturated rings. The van der Waals surface area contributed by atoms with Crippen LogP contribution in [0.1, 0.15) is 194 Å². The number of carbonyl (C=O) groups is 2. The van der Waals surface area contributed by atoms with Crippen molar-refractivity contribution in [2.45, 2.75) is 200 Å². The number of ether oxygens (including phenoxy) is 2. The molecule has 0 amide bonds. The van der Waals surface area contributed by atoms with Gasteiger partial charge in [0.15, 0.2) is 6.10 Å². The maximum atomic E-state index is 12.3. The number of hydrogen-bond acceptors (Lipinski definition) is 5. The van der Waals surface area contributed by atoms with E-state index >= 15 is 0 Å². The van der Waals surface area contributed by atoms with E-state index in [9.17, 15) is 14.7 Å². The second kappa shape index (κ2) is 54.9. The zero-order valence-electron chi connectivity index (χ0n) is 41.9. The summed E-state index contributed by atoms with van der Waals surface area (Å²) in [7, 11) is 0. The van der Waals surface area contributed by atoms with Crippen LogP contribution in [-0.4, -0.2) is 36.4 Å². The van der Waals surface area contributed by atoms with Gasteiger partial charge in [0, 0.05) is 12.8 Å². The van der Waals surface area contributed by atoms with E-state index in [4.69, 9.17) is 9.47 Å². The van der Waals surface area contributed by atoms with Gasteiger partial charge in [0.2, 0.25) is 0 Å². The molecule has 0 aliphatic heterocycles. The molecule has 0 rings (SSSR count). The van der Waals surface area contributed by atoms with Gasteiger partial charge in [-0.2, -0.15) is 0 Å². The van der Waals surface area contributed by atoms with Crippen LogP contribution in [0.5, 0.6) is 0 Å². The van der Waals surface area contributed by atoms with Crippen molar-refractivity contribution in [1.29, 1.82) is 0 Å². The monoisotopic (exact) mass is 907 g/mol. The highest BCUT2D eigenvalue weighted by molar-refractivity contribution is 5.70. The molecule has 0 aliphatic rings. The third kappa shape index (κ3) is 52.1. The van der Waals surface area contributed by atoms with Crippen LogP contribution in [0.15, 0.2) is 158 Å². The van der Waals surface area contributed by atoms with Gasteiger partial charge < -0.3 is 14.6 Å². The molecular weight excluding hydrogens is 813 g/mol. The Morgan fingerprint density at radius 3 is 0.939 bits per heavy atom. The fraction of sp³-hybridized carbons (Fsp3) is 0.541. The van der Waals surface area contributed by atoms with Gasteiger partial charge in [-0.1, -0.05) is 217 Å². The maximum Gasteiger partial charge on any atom is 0.306 e. The average molecular weight is 907 g/mol. The minimum atomic E-state index is -0.807. The Morgan fingerprint density at radius 2 is 0.606 bits per heavy atom. The Balaban J connectivity index is 3.66. The van der Waals surface area contributed by atoms with Crippen LogP contribution in [0, 0.1) is 0 Å². The molecular formula is C61H94O5. The van der Waals surface area contributed by atoms with Crippen molar-refractivity contribution in [2.75, 3.05) is 13.2 Å². The summed E-state index contributed by atoms with van der Waals surface area (Å²) in [6.07, 6.45) is 84.7. The van der Waals surface area contributed by atoms with E-state index in [0.29, 0.717) is 12.8 Å². The lowest BCUT2D eigenvalue weighted by Crippen LogP contribution is -2.28. The van der Waals surface area contributed by atoms with Crippen LogP contribution in [0.2, 0.25) is 0 Å². The molecule has 0 aromatic heterocycles. The van der Waals surface area contributed by atoms with Crippen LogP contribution in [0.25, 0.3) is 0 Å². The fourth-order valence-corrected chi connectivity index (χ4v) is 6.48. The van der Waals surface area contributed by atoms with Gasteiger partial charge in [0.1, 0.15) is 6.61 Å². The lowest BCUT2D eigenvalue weighted by molar-refractivity contribution is -0.161. The van der Waals surface area contributed by atoms with Gasteiger partial charge in [-0.25, -0.2) is 0 Å². The molecule has 0 radical (unpaired) electrons. The third-order valence-electron chi connectivity index (χ3n) is 10.3. The van der Waals surface area contributed by atoms with Crippen LogP contribution in [-0.2, 0) is 19.1 Å². The molecule has 66 heavy (non-hydrogen) atoms. The second-order valence-corrected chi connectivity index (χ2v) is 16.5. The quantitative estimate of drug-likeness (QED) is 0.0374. The van der Waals surface area contributed by atoms with Crippen molar-refractivity contribution in [1.82, 2.24) is 0 Å². The van der Waals surface area contributed by atoms with Gasteiger partial charge >= 0.3 is 11.9 Å². The number of carbonyl (C=O) groups excluding carboxylic acids is 2. The van der Waals surface area contributed by atoms with E-state index in [1.54, 1.807) is 0 Å². The fourth-order valence-electron chi connectivity index (χ4n) is 6.48. The molecule has 0 aromatic rings. The molecule has 0 heterocycles.